The van der Waals surface area contributed by atoms with Crippen molar-refractivity contribution in [1.82, 2.24) is 9.97 Å². The molecule has 0 unspecified atom stereocenters. The van der Waals surface area contributed by atoms with Crippen LogP contribution in [-0.2, 0) is 17.9 Å². The largest absolute Gasteiger partial charge is 0.380 e. The van der Waals surface area contributed by atoms with Crippen molar-refractivity contribution in [3.8, 4) is 6.07 Å². The first kappa shape index (κ1) is 13.0. The van der Waals surface area contributed by atoms with Crippen LogP contribution in [-0.4, -0.2) is 17.1 Å². The van der Waals surface area contributed by atoms with E-state index in [4.69, 9.17) is 10.00 Å². The first-order chi connectivity index (χ1) is 9.31. The van der Waals surface area contributed by atoms with E-state index in [0.717, 1.165) is 11.1 Å². The second-order valence-corrected chi connectivity index (χ2v) is 4.01. The van der Waals surface area contributed by atoms with Crippen LogP contribution >= 0.6 is 0 Å². The summed E-state index contributed by atoms with van der Waals surface area (Å²) in [6.45, 7) is 1.25. The zero-order chi connectivity index (χ0) is 13.5. The van der Waals surface area contributed by atoms with Gasteiger partial charge in [0.2, 0.25) is 0 Å². The highest BCUT2D eigenvalue weighted by atomic mass is 16.5. The Morgan fingerprint density at radius 3 is 2.79 bits per heavy atom. The van der Waals surface area contributed by atoms with Gasteiger partial charge >= 0.3 is 0 Å². The number of hydrogen-bond donors (Lipinski definition) is 1. The lowest BCUT2D eigenvalue weighted by Gasteiger charge is -2.07. The highest BCUT2D eigenvalue weighted by Crippen LogP contribution is 2.09. The smallest absolute Gasteiger partial charge is 0.158 e. The third-order valence-corrected chi connectivity index (χ3v) is 2.54. The zero-order valence-electron chi connectivity index (χ0n) is 10.6. The number of ether oxygens (including phenoxy) is 1. The minimum absolute atomic E-state index is 0.313. The Hall–Kier alpha value is -2.45. The third kappa shape index (κ3) is 3.76. The number of benzene rings is 1. The van der Waals surface area contributed by atoms with E-state index in [1.165, 1.54) is 6.20 Å². The van der Waals surface area contributed by atoms with Crippen molar-refractivity contribution < 1.29 is 4.74 Å². The summed E-state index contributed by atoms with van der Waals surface area (Å²) in [4.78, 5) is 8.05. The molecule has 1 N–H and O–H groups in total. The lowest BCUT2D eigenvalue weighted by molar-refractivity contribution is 0.185. The molecule has 5 nitrogen and oxygen atoms in total. The first-order valence-corrected chi connectivity index (χ1v) is 5.84. The highest BCUT2D eigenvalue weighted by molar-refractivity contribution is 5.35. The van der Waals surface area contributed by atoms with E-state index < -0.39 is 0 Å². The molecule has 19 heavy (non-hydrogen) atoms. The minimum atomic E-state index is 0.313. The van der Waals surface area contributed by atoms with Crippen LogP contribution in [0.15, 0.2) is 36.7 Å². The number of anilines is 1. The maximum absolute atomic E-state index is 8.63. The number of aromatic nitrogens is 2. The molecule has 5 heteroatoms. The molecule has 0 radical (unpaired) electrons. The summed E-state index contributed by atoms with van der Waals surface area (Å²) < 4.78 is 5.10. The molecule has 0 aliphatic heterocycles. The van der Waals surface area contributed by atoms with Crippen molar-refractivity contribution in [3.05, 3.63) is 53.5 Å². The van der Waals surface area contributed by atoms with Crippen LogP contribution in [0.4, 0.5) is 5.82 Å². The number of rotatable bonds is 5. The van der Waals surface area contributed by atoms with E-state index in [1.807, 2.05) is 24.3 Å². The Balaban J connectivity index is 1.97. The fourth-order valence-corrected chi connectivity index (χ4v) is 1.67. The molecule has 0 saturated carbocycles. The molecule has 1 aromatic carbocycles. The van der Waals surface area contributed by atoms with Crippen molar-refractivity contribution in [2.45, 2.75) is 13.2 Å². The van der Waals surface area contributed by atoms with Crippen molar-refractivity contribution in [3.63, 3.8) is 0 Å². The average molecular weight is 254 g/mol. The second kappa shape index (κ2) is 6.47. The number of methoxy groups -OCH3 is 1. The maximum atomic E-state index is 8.63. The van der Waals surface area contributed by atoms with Gasteiger partial charge in [0.15, 0.2) is 5.69 Å². The van der Waals surface area contributed by atoms with Gasteiger partial charge in [0.1, 0.15) is 11.9 Å². The number of nitrogens with one attached hydrogen (secondary N) is 1. The van der Waals surface area contributed by atoms with Gasteiger partial charge in [-0.2, -0.15) is 5.26 Å². The van der Waals surface area contributed by atoms with E-state index in [9.17, 15) is 0 Å². The Morgan fingerprint density at radius 1 is 1.26 bits per heavy atom. The molecule has 0 atom stereocenters. The molecule has 0 spiro atoms. The van der Waals surface area contributed by atoms with Gasteiger partial charge in [-0.05, 0) is 11.1 Å². The van der Waals surface area contributed by atoms with Crippen LogP contribution in [0.1, 0.15) is 16.8 Å². The fraction of sp³-hybridized carbons (Fsp3) is 0.214. The van der Waals surface area contributed by atoms with Crippen LogP contribution in [0.25, 0.3) is 0 Å². The standard InChI is InChI=1S/C14H14N4O/c1-19-10-12-4-2-3-11(5-12)7-17-14-9-16-13(6-15)8-18-14/h2-5,8-9H,7,10H2,1H3,(H,17,18). The van der Waals surface area contributed by atoms with Crippen LogP contribution in [0.2, 0.25) is 0 Å². The average Bonchev–Trinajstić information content (AvgIpc) is 2.46. The Morgan fingerprint density at radius 2 is 2.11 bits per heavy atom. The monoisotopic (exact) mass is 254 g/mol. The summed E-state index contributed by atoms with van der Waals surface area (Å²) in [5.41, 5.74) is 2.58. The molecule has 0 amide bonds. The van der Waals surface area contributed by atoms with Crippen molar-refractivity contribution in [2.24, 2.45) is 0 Å². The van der Waals surface area contributed by atoms with E-state index in [2.05, 4.69) is 21.4 Å². The quantitative estimate of drug-likeness (QED) is 0.884. The van der Waals surface area contributed by atoms with Gasteiger partial charge in [-0.1, -0.05) is 24.3 Å². The Labute approximate surface area is 111 Å². The van der Waals surface area contributed by atoms with Crippen molar-refractivity contribution in [1.29, 1.82) is 5.26 Å². The molecule has 96 valence electrons. The topological polar surface area (TPSA) is 70.8 Å². The van der Waals surface area contributed by atoms with E-state index >= 15 is 0 Å². The summed E-state index contributed by atoms with van der Waals surface area (Å²) in [5, 5.41) is 11.8. The summed E-state index contributed by atoms with van der Waals surface area (Å²) in [6, 6.07) is 10.1. The maximum Gasteiger partial charge on any atom is 0.158 e. The summed E-state index contributed by atoms with van der Waals surface area (Å²) in [5.74, 6) is 0.649. The molecular formula is C14H14N4O. The van der Waals surface area contributed by atoms with Crippen molar-refractivity contribution in [2.75, 3.05) is 12.4 Å². The van der Waals surface area contributed by atoms with Gasteiger partial charge in [-0.25, -0.2) is 9.97 Å². The highest BCUT2D eigenvalue weighted by Gasteiger charge is 1.98. The van der Waals surface area contributed by atoms with E-state index in [0.29, 0.717) is 24.7 Å². The molecule has 0 aliphatic carbocycles. The Bertz CT molecular complexity index is 575. The van der Waals surface area contributed by atoms with E-state index in [1.54, 1.807) is 13.3 Å². The predicted molar refractivity (Wildman–Crippen MR) is 71.2 cm³/mol. The number of nitrogens with zero attached hydrogens (tertiary/aromatic N) is 3. The van der Waals surface area contributed by atoms with Crippen LogP contribution in [0.3, 0.4) is 0 Å². The lowest BCUT2D eigenvalue weighted by Crippen LogP contribution is -2.02. The molecule has 0 bridgehead atoms. The normalized spacial score (nSPS) is 9.89. The molecule has 0 aliphatic rings. The summed E-state index contributed by atoms with van der Waals surface area (Å²) in [6.07, 6.45) is 3.00. The molecule has 1 aromatic heterocycles. The van der Waals surface area contributed by atoms with E-state index in [-0.39, 0.29) is 0 Å². The molecule has 0 saturated heterocycles. The van der Waals surface area contributed by atoms with Crippen molar-refractivity contribution >= 4 is 5.82 Å². The summed E-state index contributed by atoms with van der Waals surface area (Å²) >= 11 is 0. The zero-order valence-corrected chi connectivity index (χ0v) is 10.6. The SMILES string of the molecule is COCc1cccc(CNc2cnc(C#N)cn2)c1. The van der Waals surface area contributed by atoms with Gasteiger partial charge in [0.25, 0.3) is 0 Å². The van der Waals surface area contributed by atoms with Gasteiger partial charge in [0.05, 0.1) is 19.0 Å². The molecular weight excluding hydrogens is 240 g/mol. The molecule has 1 heterocycles. The van der Waals surface area contributed by atoms with Crippen LogP contribution in [0, 0.1) is 11.3 Å². The molecule has 0 fully saturated rings. The third-order valence-electron chi connectivity index (χ3n) is 2.54. The fourth-order valence-electron chi connectivity index (χ4n) is 1.67. The molecule has 2 rings (SSSR count). The Kier molecular flexibility index (Phi) is 4.43. The van der Waals surface area contributed by atoms with Gasteiger partial charge in [-0.3, -0.25) is 0 Å². The predicted octanol–water partition coefficient (Wildman–Crippen LogP) is 2.11. The van der Waals surface area contributed by atoms with Gasteiger partial charge in [0, 0.05) is 13.7 Å². The first-order valence-electron chi connectivity index (χ1n) is 5.84. The van der Waals surface area contributed by atoms with Crippen LogP contribution in [0.5, 0.6) is 0 Å². The van der Waals surface area contributed by atoms with Crippen LogP contribution < -0.4 is 5.32 Å². The number of hydrogen-bond acceptors (Lipinski definition) is 5. The van der Waals surface area contributed by atoms with Gasteiger partial charge < -0.3 is 10.1 Å². The summed E-state index contributed by atoms with van der Waals surface area (Å²) in [7, 11) is 1.68. The molecule has 2 aromatic rings. The number of nitriles is 1. The van der Waals surface area contributed by atoms with Gasteiger partial charge in [-0.15, -0.1) is 0 Å². The second-order valence-electron chi connectivity index (χ2n) is 4.01. The minimum Gasteiger partial charge on any atom is -0.380 e. The lowest BCUT2D eigenvalue weighted by atomic mass is 10.1.